The molecule has 1 rings (SSSR count). The van der Waals surface area contributed by atoms with Gasteiger partial charge in [0.05, 0.1) is 12.1 Å². The van der Waals surface area contributed by atoms with Gasteiger partial charge in [0.1, 0.15) is 5.60 Å². The summed E-state index contributed by atoms with van der Waals surface area (Å²) in [5, 5.41) is 4.14. The Morgan fingerprint density at radius 1 is 1.56 bits per heavy atom. The molecule has 4 heteroatoms. The summed E-state index contributed by atoms with van der Waals surface area (Å²) in [7, 11) is 0. The van der Waals surface area contributed by atoms with Gasteiger partial charge in [0.25, 0.3) is 0 Å². The normalized spacial score (nSPS) is 13.6. The summed E-state index contributed by atoms with van der Waals surface area (Å²) < 4.78 is 7.12. The van der Waals surface area contributed by atoms with Crippen LogP contribution < -0.4 is 0 Å². The van der Waals surface area contributed by atoms with Gasteiger partial charge in [-0.1, -0.05) is 0 Å². The molecule has 0 bridgehead atoms. The van der Waals surface area contributed by atoms with Gasteiger partial charge in [0.2, 0.25) is 0 Å². The van der Waals surface area contributed by atoms with Crippen LogP contribution >= 0.6 is 0 Å². The van der Waals surface area contributed by atoms with Crippen molar-refractivity contribution in [3.05, 3.63) is 18.0 Å². The SMILES string of the molecule is CCn1cc(C(C)C(=O)OC(C)(C)C)cn1. The highest BCUT2D eigenvalue weighted by Crippen LogP contribution is 2.19. The number of aryl methyl sites for hydroxylation is 1. The molecule has 1 aromatic rings. The highest BCUT2D eigenvalue weighted by molar-refractivity contribution is 5.77. The molecule has 0 aliphatic rings. The fraction of sp³-hybridized carbons (Fsp3) is 0.667. The van der Waals surface area contributed by atoms with Crippen LogP contribution in [0.1, 0.15) is 46.1 Å². The Balaban J connectivity index is 2.70. The van der Waals surface area contributed by atoms with Gasteiger partial charge in [0.15, 0.2) is 0 Å². The van der Waals surface area contributed by atoms with Gasteiger partial charge in [-0.15, -0.1) is 0 Å². The molecular formula is C12H20N2O2. The summed E-state index contributed by atoms with van der Waals surface area (Å²) in [5.74, 6) is -0.470. The Morgan fingerprint density at radius 3 is 2.62 bits per heavy atom. The van der Waals surface area contributed by atoms with Crippen molar-refractivity contribution in [2.75, 3.05) is 0 Å². The van der Waals surface area contributed by atoms with Crippen LogP contribution in [0, 0.1) is 0 Å². The van der Waals surface area contributed by atoms with Crippen LogP contribution in [0.3, 0.4) is 0 Å². The average Bonchev–Trinajstić information content (AvgIpc) is 2.61. The molecule has 0 aliphatic heterocycles. The van der Waals surface area contributed by atoms with Crippen molar-refractivity contribution >= 4 is 5.97 Å². The number of aromatic nitrogens is 2. The second-order valence-electron chi connectivity index (χ2n) is 4.88. The van der Waals surface area contributed by atoms with Crippen LogP contribution in [0.2, 0.25) is 0 Å². The highest BCUT2D eigenvalue weighted by Gasteiger charge is 2.23. The predicted molar refractivity (Wildman–Crippen MR) is 62.2 cm³/mol. The van der Waals surface area contributed by atoms with Crippen molar-refractivity contribution in [1.82, 2.24) is 9.78 Å². The third-order valence-electron chi connectivity index (χ3n) is 2.24. The van der Waals surface area contributed by atoms with E-state index in [1.165, 1.54) is 0 Å². The van der Waals surface area contributed by atoms with Gasteiger partial charge >= 0.3 is 5.97 Å². The van der Waals surface area contributed by atoms with Gasteiger partial charge in [-0.3, -0.25) is 9.48 Å². The quantitative estimate of drug-likeness (QED) is 0.740. The maximum atomic E-state index is 11.8. The lowest BCUT2D eigenvalue weighted by molar-refractivity contribution is -0.156. The van der Waals surface area contributed by atoms with E-state index < -0.39 is 5.60 Å². The molecule has 0 radical (unpaired) electrons. The minimum atomic E-state index is -0.438. The number of nitrogens with zero attached hydrogens (tertiary/aromatic N) is 2. The molecule has 0 saturated heterocycles. The predicted octanol–water partition coefficient (Wildman–Crippen LogP) is 2.35. The molecular weight excluding hydrogens is 204 g/mol. The first-order valence-corrected chi connectivity index (χ1v) is 5.58. The lowest BCUT2D eigenvalue weighted by Gasteiger charge is -2.21. The summed E-state index contributed by atoms with van der Waals surface area (Å²) in [6.45, 7) is 10.3. The Kier molecular flexibility index (Phi) is 3.73. The molecule has 0 aromatic carbocycles. The van der Waals surface area contributed by atoms with Gasteiger partial charge < -0.3 is 4.74 Å². The van der Waals surface area contributed by atoms with Crippen molar-refractivity contribution in [1.29, 1.82) is 0 Å². The molecule has 1 unspecified atom stereocenters. The molecule has 0 aliphatic carbocycles. The number of esters is 1. The zero-order valence-electron chi connectivity index (χ0n) is 10.7. The number of rotatable bonds is 3. The van der Waals surface area contributed by atoms with E-state index in [0.717, 1.165) is 12.1 Å². The molecule has 1 aromatic heterocycles. The summed E-state index contributed by atoms with van der Waals surface area (Å²) in [6, 6.07) is 0. The zero-order valence-corrected chi connectivity index (χ0v) is 10.7. The number of hydrogen-bond donors (Lipinski definition) is 0. The van der Waals surface area contributed by atoms with E-state index in [-0.39, 0.29) is 11.9 Å². The smallest absolute Gasteiger partial charge is 0.313 e. The second kappa shape index (κ2) is 4.68. The molecule has 16 heavy (non-hydrogen) atoms. The van der Waals surface area contributed by atoms with Crippen LogP contribution in [-0.2, 0) is 16.1 Å². The van der Waals surface area contributed by atoms with Crippen molar-refractivity contribution < 1.29 is 9.53 Å². The van der Waals surface area contributed by atoms with Crippen molar-refractivity contribution in [3.63, 3.8) is 0 Å². The van der Waals surface area contributed by atoms with Crippen LogP contribution in [-0.4, -0.2) is 21.4 Å². The fourth-order valence-corrected chi connectivity index (χ4v) is 1.30. The molecule has 0 spiro atoms. The van der Waals surface area contributed by atoms with Crippen molar-refractivity contribution in [2.24, 2.45) is 0 Å². The summed E-state index contributed by atoms with van der Waals surface area (Å²) in [4.78, 5) is 11.8. The maximum absolute atomic E-state index is 11.8. The molecule has 1 atom stereocenters. The molecule has 0 N–H and O–H groups in total. The largest absolute Gasteiger partial charge is 0.460 e. The van der Waals surface area contributed by atoms with E-state index in [0.29, 0.717) is 0 Å². The summed E-state index contributed by atoms with van der Waals surface area (Å²) >= 11 is 0. The highest BCUT2D eigenvalue weighted by atomic mass is 16.6. The van der Waals surface area contributed by atoms with Crippen LogP contribution in [0.4, 0.5) is 0 Å². The monoisotopic (exact) mass is 224 g/mol. The van der Waals surface area contributed by atoms with E-state index in [1.54, 1.807) is 10.9 Å². The van der Waals surface area contributed by atoms with E-state index in [1.807, 2.05) is 40.8 Å². The molecule has 0 saturated carbocycles. The van der Waals surface area contributed by atoms with Crippen molar-refractivity contribution in [3.8, 4) is 0 Å². The minimum absolute atomic E-state index is 0.205. The van der Waals surface area contributed by atoms with E-state index >= 15 is 0 Å². The van der Waals surface area contributed by atoms with E-state index in [2.05, 4.69) is 5.10 Å². The first-order chi connectivity index (χ1) is 7.33. The maximum Gasteiger partial charge on any atom is 0.313 e. The first-order valence-electron chi connectivity index (χ1n) is 5.58. The van der Waals surface area contributed by atoms with Crippen molar-refractivity contribution in [2.45, 2.75) is 52.7 Å². The van der Waals surface area contributed by atoms with Gasteiger partial charge in [-0.05, 0) is 34.6 Å². The van der Waals surface area contributed by atoms with Crippen LogP contribution in [0.25, 0.3) is 0 Å². The average molecular weight is 224 g/mol. The van der Waals surface area contributed by atoms with E-state index in [9.17, 15) is 4.79 Å². The second-order valence-corrected chi connectivity index (χ2v) is 4.88. The third-order valence-corrected chi connectivity index (χ3v) is 2.24. The lowest BCUT2D eigenvalue weighted by Crippen LogP contribution is -2.26. The van der Waals surface area contributed by atoms with Gasteiger partial charge in [0, 0.05) is 18.3 Å². The molecule has 4 nitrogen and oxygen atoms in total. The first kappa shape index (κ1) is 12.7. The third kappa shape index (κ3) is 3.36. The lowest BCUT2D eigenvalue weighted by atomic mass is 10.1. The minimum Gasteiger partial charge on any atom is -0.460 e. The standard InChI is InChI=1S/C12H20N2O2/c1-6-14-8-10(7-13-14)9(2)11(15)16-12(3,4)5/h7-9H,6H2,1-5H3. The van der Waals surface area contributed by atoms with E-state index in [4.69, 9.17) is 4.74 Å². The van der Waals surface area contributed by atoms with Crippen LogP contribution in [0.15, 0.2) is 12.4 Å². The van der Waals surface area contributed by atoms with Gasteiger partial charge in [-0.2, -0.15) is 5.10 Å². The molecule has 90 valence electrons. The molecule has 0 fully saturated rings. The number of carbonyl (C=O) groups excluding carboxylic acids is 1. The van der Waals surface area contributed by atoms with Gasteiger partial charge in [-0.25, -0.2) is 0 Å². The number of ether oxygens (including phenoxy) is 1. The Labute approximate surface area is 96.6 Å². The molecule has 0 amide bonds. The fourth-order valence-electron chi connectivity index (χ4n) is 1.30. The Bertz CT molecular complexity index is 363. The molecule has 1 heterocycles. The number of hydrogen-bond acceptors (Lipinski definition) is 3. The Hall–Kier alpha value is -1.32. The summed E-state index contributed by atoms with van der Waals surface area (Å²) in [6.07, 6.45) is 3.60. The topological polar surface area (TPSA) is 44.1 Å². The van der Waals surface area contributed by atoms with Crippen LogP contribution in [0.5, 0.6) is 0 Å². The summed E-state index contributed by atoms with van der Waals surface area (Å²) in [5.41, 5.74) is 0.461. The number of carbonyl (C=O) groups is 1. The zero-order chi connectivity index (χ0) is 12.3. The Morgan fingerprint density at radius 2 is 2.19 bits per heavy atom.